The largest absolute Gasteiger partial charge is 0.462 e. The minimum absolute atomic E-state index is 0.0172. The second-order valence-corrected chi connectivity index (χ2v) is 7.71. The summed E-state index contributed by atoms with van der Waals surface area (Å²) in [5, 5.41) is 0. The molecule has 1 amide bonds. The Bertz CT molecular complexity index is 350. The van der Waals surface area contributed by atoms with Crippen molar-refractivity contribution in [2.45, 2.75) is 74.0 Å². The van der Waals surface area contributed by atoms with Crippen molar-refractivity contribution >= 4 is 11.9 Å². The van der Waals surface area contributed by atoms with Crippen LogP contribution in [0.15, 0.2) is 0 Å². The number of hydrogen-bond acceptors (Lipinski definition) is 3. The summed E-state index contributed by atoms with van der Waals surface area (Å²) in [6.07, 6.45) is 0.425. The smallest absolute Gasteiger partial charge is 0.302 e. The maximum Gasteiger partial charge on any atom is 0.302 e. The molecule has 0 fully saturated rings. The van der Waals surface area contributed by atoms with Crippen molar-refractivity contribution in [3.05, 3.63) is 0 Å². The summed E-state index contributed by atoms with van der Waals surface area (Å²) in [7, 11) is 1.81. The molecule has 0 N–H and O–H groups in total. The highest BCUT2D eigenvalue weighted by molar-refractivity contribution is 5.73. The number of nitrogens with zero attached hydrogens (tertiary/aromatic N) is 1. The first kappa shape index (κ1) is 18.9. The average molecular weight is 285 g/mol. The predicted molar refractivity (Wildman–Crippen MR) is 81.3 cm³/mol. The summed E-state index contributed by atoms with van der Waals surface area (Å²) in [6.45, 7) is 15.5. The Labute approximate surface area is 123 Å². The van der Waals surface area contributed by atoms with Gasteiger partial charge >= 0.3 is 5.97 Å². The molecule has 0 aliphatic carbocycles. The second-order valence-electron chi connectivity index (χ2n) is 7.71. The lowest BCUT2D eigenvalue weighted by molar-refractivity contribution is -0.155. The predicted octanol–water partition coefficient (Wildman–Crippen LogP) is 3.25. The maximum absolute atomic E-state index is 11.7. The van der Waals surface area contributed by atoms with E-state index in [0.29, 0.717) is 6.42 Å². The molecule has 2 atom stereocenters. The Morgan fingerprint density at radius 1 is 1.00 bits per heavy atom. The molecule has 4 heteroatoms. The molecule has 0 aromatic rings. The van der Waals surface area contributed by atoms with Gasteiger partial charge in [0.1, 0.15) is 6.10 Å². The van der Waals surface area contributed by atoms with Crippen molar-refractivity contribution in [3.8, 4) is 0 Å². The molecule has 4 nitrogen and oxygen atoms in total. The highest BCUT2D eigenvalue weighted by atomic mass is 16.5. The van der Waals surface area contributed by atoms with Gasteiger partial charge in [0, 0.05) is 33.4 Å². The van der Waals surface area contributed by atoms with Crippen molar-refractivity contribution in [2.75, 3.05) is 7.05 Å². The lowest BCUT2D eigenvalue weighted by Gasteiger charge is -2.42. The van der Waals surface area contributed by atoms with Gasteiger partial charge in [-0.2, -0.15) is 0 Å². The van der Waals surface area contributed by atoms with Crippen LogP contribution in [-0.2, 0) is 14.3 Å². The molecule has 0 heterocycles. The van der Waals surface area contributed by atoms with Crippen LogP contribution >= 0.6 is 0 Å². The summed E-state index contributed by atoms with van der Waals surface area (Å²) in [5.74, 6) is -0.247. The number of carbonyl (C=O) groups is 2. The number of amides is 1. The highest BCUT2D eigenvalue weighted by Crippen LogP contribution is 2.33. The molecule has 0 aromatic carbocycles. The fourth-order valence-electron chi connectivity index (χ4n) is 2.29. The molecule has 0 aromatic heterocycles. The molecule has 0 saturated heterocycles. The molecular formula is C16H31NO3. The van der Waals surface area contributed by atoms with Crippen molar-refractivity contribution in [2.24, 2.45) is 10.8 Å². The topological polar surface area (TPSA) is 46.6 Å². The average Bonchev–Trinajstić information content (AvgIpc) is 2.18. The third-order valence-corrected chi connectivity index (χ3v) is 3.68. The molecule has 0 bridgehead atoms. The van der Waals surface area contributed by atoms with Gasteiger partial charge < -0.3 is 9.64 Å². The monoisotopic (exact) mass is 285 g/mol. The van der Waals surface area contributed by atoms with Gasteiger partial charge in [-0.05, 0) is 10.8 Å². The fraction of sp³-hybridized carbons (Fsp3) is 0.875. The van der Waals surface area contributed by atoms with Gasteiger partial charge in [0.05, 0.1) is 0 Å². The van der Waals surface area contributed by atoms with Crippen LogP contribution in [0, 0.1) is 10.8 Å². The fourth-order valence-corrected chi connectivity index (χ4v) is 2.29. The van der Waals surface area contributed by atoms with Crippen LogP contribution < -0.4 is 0 Å². The number of carbonyl (C=O) groups excluding carboxylic acids is 2. The lowest BCUT2D eigenvalue weighted by Crippen LogP contribution is -2.48. The quantitative estimate of drug-likeness (QED) is 0.745. The minimum atomic E-state index is -0.275. The van der Waals surface area contributed by atoms with Crippen molar-refractivity contribution < 1.29 is 14.3 Å². The Morgan fingerprint density at radius 3 is 1.70 bits per heavy atom. The first-order chi connectivity index (χ1) is 8.76. The Balaban J connectivity index is 5.29. The molecule has 0 aliphatic heterocycles. The SMILES string of the molecule is CC(=O)OC(CC(N(C)C(C)=O)C(C)(C)C)C(C)(C)C. The zero-order chi connectivity index (χ0) is 16.3. The van der Waals surface area contributed by atoms with E-state index in [-0.39, 0.29) is 34.9 Å². The van der Waals surface area contributed by atoms with Crippen LogP contribution in [0.3, 0.4) is 0 Å². The Hall–Kier alpha value is -1.06. The maximum atomic E-state index is 11.7. The van der Waals surface area contributed by atoms with E-state index in [2.05, 4.69) is 20.8 Å². The molecule has 2 unspecified atom stereocenters. The van der Waals surface area contributed by atoms with Crippen molar-refractivity contribution in [1.82, 2.24) is 4.90 Å². The molecular weight excluding hydrogens is 254 g/mol. The van der Waals surface area contributed by atoms with E-state index in [4.69, 9.17) is 4.74 Å². The lowest BCUT2D eigenvalue weighted by atomic mass is 9.77. The first-order valence-corrected chi connectivity index (χ1v) is 7.17. The van der Waals surface area contributed by atoms with Crippen molar-refractivity contribution in [3.63, 3.8) is 0 Å². The van der Waals surface area contributed by atoms with Crippen LogP contribution in [-0.4, -0.2) is 36.0 Å². The summed E-state index contributed by atoms with van der Waals surface area (Å²) >= 11 is 0. The zero-order valence-electron chi connectivity index (χ0n) is 14.5. The minimum Gasteiger partial charge on any atom is -0.462 e. The summed E-state index contributed by atoms with van der Waals surface area (Å²) in [4.78, 5) is 24.8. The van der Waals surface area contributed by atoms with E-state index >= 15 is 0 Å². The summed E-state index contributed by atoms with van der Waals surface area (Å²) in [5.41, 5.74) is -0.239. The van der Waals surface area contributed by atoms with Gasteiger partial charge in [-0.3, -0.25) is 9.59 Å². The second kappa shape index (κ2) is 6.59. The number of esters is 1. The van der Waals surface area contributed by atoms with Crippen molar-refractivity contribution in [1.29, 1.82) is 0 Å². The van der Waals surface area contributed by atoms with E-state index in [0.717, 1.165) is 0 Å². The Kier molecular flexibility index (Phi) is 6.25. The molecule has 20 heavy (non-hydrogen) atoms. The van der Waals surface area contributed by atoms with Crippen LogP contribution in [0.2, 0.25) is 0 Å². The third kappa shape index (κ3) is 5.93. The van der Waals surface area contributed by atoms with E-state index in [1.807, 2.05) is 27.8 Å². The number of rotatable bonds is 4. The van der Waals surface area contributed by atoms with E-state index in [9.17, 15) is 9.59 Å². The van der Waals surface area contributed by atoms with E-state index < -0.39 is 0 Å². The molecule has 0 spiro atoms. The van der Waals surface area contributed by atoms with E-state index in [1.165, 1.54) is 6.92 Å². The molecule has 118 valence electrons. The number of hydrogen-bond donors (Lipinski definition) is 0. The molecule has 0 aliphatic rings. The summed E-state index contributed by atoms with van der Waals surface area (Å²) in [6, 6.07) is 0.0172. The standard InChI is InChI=1S/C16H31NO3/c1-11(18)17(9)13(15(3,4)5)10-14(16(6,7)8)20-12(2)19/h13-14H,10H2,1-9H3. The molecule has 0 radical (unpaired) electrons. The van der Waals surface area contributed by atoms with Gasteiger partial charge in [-0.1, -0.05) is 41.5 Å². The van der Waals surface area contributed by atoms with Gasteiger partial charge in [-0.15, -0.1) is 0 Å². The Morgan fingerprint density at radius 2 is 1.45 bits per heavy atom. The number of ether oxygens (including phenoxy) is 1. The molecule has 0 saturated carbocycles. The van der Waals surface area contributed by atoms with E-state index in [1.54, 1.807) is 11.8 Å². The van der Waals surface area contributed by atoms with Gasteiger partial charge in [0.25, 0.3) is 0 Å². The van der Waals surface area contributed by atoms with Gasteiger partial charge in [-0.25, -0.2) is 0 Å². The van der Waals surface area contributed by atoms with Crippen LogP contribution in [0.5, 0.6) is 0 Å². The zero-order valence-corrected chi connectivity index (χ0v) is 14.5. The van der Waals surface area contributed by atoms with Crippen LogP contribution in [0.25, 0.3) is 0 Å². The third-order valence-electron chi connectivity index (χ3n) is 3.68. The van der Waals surface area contributed by atoms with Crippen LogP contribution in [0.1, 0.15) is 61.8 Å². The normalized spacial score (nSPS) is 15.4. The van der Waals surface area contributed by atoms with Crippen LogP contribution in [0.4, 0.5) is 0 Å². The van der Waals surface area contributed by atoms with Gasteiger partial charge in [0.15, 0.2) is 0 Å². The highest BCUT2D eigenvalue weighted by Gasteiger charge is 2.37. The first-order valence-electron chi connectivity index (χ1n) is 7.17. The molecule has 0 rings (SSSR count). The van der Waals surface area contributed by atoms with Gasteiger partial charge in [0.2, 0.25) is 5.91 Å². The summed E-state index contributed by atoms with van der Waals surface area (Å²) < 4.78 is 5.49.